The van der Waals surface area contributed by atoms with Crippen LogP contribution >= 0.6 is 0 Å². The van der Waals surface area contributed by atoms with E-state index in [2.05, 4.69) is 15.3 Å². The summed E-state index contributed by atoms with van der Waals surface area (Å²) in [5.41, 5.74) is 1.63. The van der Waals surface area contributed by atoms with Gasteiger partial charge in [-0.1, -0.05) is 12.1 Å². The molecule has 2 aromatic carbocycles. The number of anilines is 1. The van der Waals surface area contributed by atoms with Crippen LogP contribution in [0.3, 0.4) is 0 Å². The van der Waals surface area contributed by atoms with Crippen molar-refractivity contribution in [3.05, 3.63) is 54.1 Å². The minimum absolute atomic E-state index is 0.252. The van der Waals surface area contributed by atoms with Crippen LogP contribution in [-0.2, 0) is 6.54 Å². The van der Waals surface area contributed by atoms with E-state index >= 15 is 0 Å². The largest absolute Gasteiger partial charge is 0.493 e. The molecule has 0 aliphatic rings. The first-order chi connectivity index (χ1) is 11.2. The molecule has 0 amide bonds. The van der Waals surface area contributed by atoms with Crippen LogP contribution in [0.4, 0.5) is 10.2 Å². The Labute approximate surface area is 133 Å². The van der Waals surface area contributed by atoms with Crippen LogP contribution in [0.15, 0.2) is 42.7 Å². The molecule has 0 spiro atoms. The molecule has 1 N–H and O–H groups in total. The molecule has 0 saturated carbocycles. The molecular formula is C17H16FN3O2. The fourth-order valence-corrected chi connectivity index (χ4v) is 2.37. The zero-order valence-electron chi connectivity index (χ0n) is 12.8. The highest BCUT2D eigenvalue weighted by molar-refractivity contribution is 5.94. The van der Waals surface area contributed by atoms with E-state index in [0.29, 0.717) is 29.4 Å². The van der Waals surface area contributed by atoms with Crippen LogP contribution in [0, 0.1) is 5.82 Å². The summed E-state index contributed by atoms with van der Waals surface area (Å²) in [7, 11) is 3.16. The summed E-state index contributed by atoms with van der Waals surface area (Å²) in [5, 5.41) is 4.07. The van der Waals surface area contributed by atoms with Crippen molar-refractivity contribution in [2.45, 2.75) is 6.54 Å². The standard InChI is InChI=1S/C17H16FN3O2/c1-22-14-8-7-13-15(16(14)23-2)20-10-21-17(13)19-9-11-3-5-12(18)6-4-11/h3-8,10H,9H2,1-2H3,(H,19,20,21). The van der Waals surface area contributed by atoms with Gasteiger partial charge in [0, 0.05) is 11.9 Å². The van der Waals surface area contributed by atoms with Gasteiger partial charge in [0.15, 0.2) is 11.5 Å². The van der Waals surface area contributed by atoms with Crippen LogP contribution in [0.5, 0.6) is 11.5 Å². The maximum absolute atomic E-state index is 12.9. The van der Waals surface area contributed by atoms with Crippen molar-refractivity contribution in [2.24, 2.45) is 0 Å². The second-order valence-electron chi connectivity index (χ2n) is 4.90. The van der Waals surface area contributed by atoms with Gasteiger partial charge in [-0.25, -0.2) is 14.4 Å². The number of ether oxygens (including phenoxy) is 2. The van der Waals surface area contributed by atoms with Crippen molar-refractivity contribution in [1.82, 2.24) is 9.97 Å². The first-order valence-electron chi connectivity index (χ1n) is 7.07. The third-order valence-corrected chi connectivity index (χ3v) is 3.52. The smallest absolute Gasteiger partial charge is 0.187 e. The molecule has 3 rings (SSSR count). The van der Waals surface area contributed by atoms with Crippen molar-refractivity contribution < 1.29 is 13.9 Å². The third-order valence-electron chi connectivity index (χ3n) is 3.52. The van der Waals surface area contributed by atoms with E-state index in [1.807, 2.05) is 12.1 Å². The molecular weight excluding hydrogens is 297 g/mol. The fourth-order valence-electron chi connectivity index (χ4n) is 2.37. The summed E-state index contributed by atoms with van der Waals surface area (Å²) in [4.78, 5) is 8.56. The first-order valence-corrected chi connectivity index (χ1v) is 7.07. The number of hydrogen-bond donors (Lipinski definition) is 1. The highest BCUT2D eigenvalue weighted by Gasteiger charge is 2.13. The minimum Gasteiger partial charge on any atom is -0.493 e. The average molecular weight is 313 g/mol. The number of halogens is 1. The monoisotopic (exact) mass is 313 g/mol. The van der Waals surface area contributed by atoms with Gasteiger partial charge in [-0.3, -0.25) is 0 Å². The topological polar surface area (TPSA) is 56.3 Å². The van der Waals surface area contributed by atoms with Crippen LogP contribution in [0.25, 0.3) is 10.9 Å². The quantitative estimate of drug-likeness (QED) is 0.782. The molecule has 1 heterocycles. The van der Waals surface area contributed by atoms with Gasteiger partial charge in [0.25, 0.3) is 0 Å². The molecule has 23 heavy (non-hydrogen) atoms. The average Bonchev–Trinajstić information content (AvgIpc) is 2.60. The number of hydrogen-bond acceptors (Lipinski definition) is 5. The van der Waals surface area contributed by atoms with Gasteiger partial charge in [-0.05, 0) is 29.8 Å². The molecule has 1 aromatic heterocycles. The van der Waals surface area contributed by atoms with Crippen molar-refractivity contribution >= 4 is 16.7 Å². The Kier molecular flexibility index (Phi) is 4.23. The van der Waals surface area contributed by atoms with Gasteiger partial charge in [0.2, 0.25) is 0 Å². The third kappa shape index (κ3) is 3.01. The molecule has 0 fully saturated rings. The molecule has 0 radical (unpaired) electrons. The predicted octanol–water partition coefficient (Wildman–Crippen LogP) is 3.40. The zero-order chi connectivity index (χ0) is 16.2. The van der Waals surface area contributed by atoms with E-state index in [-0.39, 0.29) is 5.82 Å². The summed E-state index contributed by atoms with van der Waals surface area (Å²) in [5.74, 6) is 1.61. The molecule has 0 unspecified atom stereocenters. The van der Waals surface area contributed by atoms with Crippen molar-refractivity contribution in [3.63, 3.8) is 0 Å². The minimum atomic E-state index is -0.252. The molecule has 0 atom stereocenters. The summed E-state index contributed by atoms with van der Waals surface area (Å²) in [6.45, 7) is 0.529. The Morgan fingerprint density at radius 2 is 1.78 bits per heavy atom. The van der Waals surface area contributed by atoms with Crippen molar-refractivity contribution in [3.8, 4) is 11.5 Å². The first kappa shape index (κ1) is 15.0. The summed E-state index contributed by atoms with van der Waals surface area (Å²) < 4.78 is 23.6. The normalized spacial score (nSPS) is 10.6. The molecule has 0 aliphatic carbocycles. The summed E-state index contributed by atoms with van der Waals surface area (Å²) in [6, 6.07) is 10.0. The van der Waals surface area contributed by atoms with Gasteiger partial charge in [0.05, 0.1) is 14.2 Å². The lowest BCUT2D eigenvalue weighted by Gasteiger charge is -2.12. The van der Waals surface area contributed by atoms with Crippen molar-refractivity contribution in [2.75, 3.05) is 19.5 Å². The Morgan fingerprint density at radius 1 is 1.00 bits per heavy atom. The number of nitrogens with zero attached hydrogens (tertiary/aromatic N) is 2. The lowest BCUT2D eigenvalue weighted by atomic mass is 10.2. The molecule has 3 aromatic rings. The maximum Gasteiger partial charge on any atom is 0.187 e. The molecule has 118 valence electrons. The van der Waals surface area contributed by atoms with Crippen molar-refractivity contribution in [1.29, 1.82) is 0 Å². The fraction of sp³-hybridized carbons (Fsp3) is 0.176. The maximum atomic E-state index is 12.9. The van der Waals surface area contributed by atoms with Gasteiger partial charge in [-0.15, -0.1) is 0 Å². The molecule has 0 aliphatic heterocycles. The highest BCUT2D eigenvalue weighted by Crippen LogP contribution is 2.35. The van der Waals surface area contributed by atoms with Crippen LogP contribution in [0.1, 0.15) is 5.56 Å². The number of nitrogens with one attached hydrogen (secondary N) is 1. The van der Waals surface area contributed by atoms with E-state index in [1.165, 1.54) is 18.5 Å². The second kappa shape index (κ2) is 6.48. The van der Waals surface area contributed by atoms with E-state index in [4.69, 9.17) is 9.47 Å². The Morgan fingerprint density at radius 3 is 2.48 bits per heavy atom. The Hall–Kier alpha value is -2.89. The Bertz CT molecular complexity index is 822. The number of methoxy groups -OCH3 is 2. The SMILES string of the molecule is COc1ccc2c(NCc3ccc(F)cc3)ncnc2c1OC. The zero-order valence-corrected chi connectivity index (χ0v) is 12.8. The molecule has 0 bridgehead atoms. The molecule has 6 heteroatoms. The molecule has 5 nitrogen and oxygen atoms in total. The highest BCUT2D eigenvalue weighted by atomic mass is 19.1. The second-order valence-corrected chi connectivity index (χ2v) is 4.90. The predicted molar refractivity (Wildman–Crippen MR) is 86.4 cm³/mol. The van der Waals surface area contributed by atoms with Gasteiger partial charge in [0.1, 0.15) is 23.5 Å². The van der Waals surface area contributed by atoms with E-state index in [0.717, 1.165) is 10.9 Å². The van der Waals surface area contributed by atoms with Gasteiger partial charge >= 0.3 is 0 Å². The summed E-state index contributed by atoms with van der Waals surface area (Å²) in [6.07, 6.45) is 1.47. The lowest BCUT2D eigenvalue weighted by molar-refractivity contribution is 0.358. The number of aromatic nitrogens is 2. The summed E-state index contributed by atoms with van der Waals surface area (Å²) >= 11 is 0. The van der Waals surface area contributed by atoms with Gasteiger partial charge in [-0.2, -0.15) is 0 Å². The number of fused-ring (bicyclic) bond motifs is 1. The van der Waals surface area contributed by atoms with E-state index in [9.17, 15) is 4.39 Å². The molecule has 0 saturated heterocycles. The van der Waals surface area contributed by atoms with E-state index in [1.54, 1.807) is 26.4 Å². The number of rotatable bonds is 5. The van der Waals surface area contributed by atoms with Crippen LogP contribution in [0.2, 0.25) is 0 Å². The van der Waals surface area contributed by atoms with E-state index < -0.39 is 0 Å². The lowest BCUT2D eigenvalue weighted by Crippen LogP contribution is -2.03. The number of benzene rings is 2. The van der Waals surface area contributed by atoms with Crippen LogP contribution in [-0.4, -0.2) is 24.2 Å². The van der Waals surface area contributed by atoms with Crippen LogP contribution < -0.4 is 14.8 Å². The van der Waals surface area contributed by atoms with Gasteiger partial charge < -0.3 is 14.8 Å². The Balaban J connectivity index is 1.93.